The summed E-state index contributed by atoms with van der Waals surface area (Å²) in [6.07, 6.45) is 2.02. The van der Waals surface area contributed by atoms with E-state index in [1.807, 2.05) is 42.5 Å². The monoisotopic (exact) mass is 532 g/mol. The van der Waals surface area contributed by atoms with Gasteiger partial charge >= 0.3 is 5.69 Å². The average Bonchev–Trinajstić information content (AvgIpc) is 3.23. The fraction of sp³-hybridized carbons (Fsp3) is 0.222. The van der Waals surface area contributed by atoms with Gasteiger partial charge in [0.2, 0.25) is 5.91 Å². The van der Waals surface area contributed by atoms with Crippen LogP contribution in [0.1, 0.15) is 16.7 Å². The molecule has 188 valence electrons. The predicted molar refractivity (Wildman–Crippen MR) is 147 cm³/mol. The van der Waals surface area contributed by atoms with Gasteiger partial charge in [-0.1, -0.05) is 66.4 Å². The van der Waals surface area contributed by atoms with Crippen LogP contribution in [-0.2, 0) is 30.1 Å². The molecular weight excluding hydrogens is 508 g/mol. The van der Waals surface area contributed by atoms with Crippen LogP contribution in [0.3, 0.4) is 0 Å². The van der Waals surface area contributed by atoms with Gasteiger partial charge in [-0.15, -0.1) is 0 Å². The van der Waals surface area contributed by atoms with Crippen LogP contribution in [0.2, 0.25) is 0 Å². The Balaban J connectivity index is 1.35. The lowest BCUT2D eigenvalue weighted by molar-refractivity contribution is -0.118. The Morgan fingerprint density at radius 1 is 0.865 bits per heavy atom. The molecule has 2 aromatic carbocycles. The van der Waals surface area contributed by atoms with Gasteiger partial charge in [-0.3, -0.25) is 28.8 Å². The largest absolute Gasteiger partial charge is 0.332 e. The van der Waals surface area contributed by atoms with E-state index in [-0.39, 0.29) is 23.3 Å². The second-order valence-electron chi connectivity index (χ2n) is 8.64. The molecule has 1 fully saturated rings. The van der Waals surface area contributed by atoms with Gasteiger partial charge in [-0.2, -0.15) is 11.8 Å². The number of benzene rings is 2. The Kier molecular flexibility index (Phi) is 7.57. The van der Waals surface area contributed by atoms with Gasteiger partial charge in [0.15, 0.2) is 0 Å². The van der Waals surface area contributed by atoms with Crippen molar-refractivity contribution in [2.75, 3.05) is 5.75 Å². The van der Waals surface area contributed by atoms with Gasteiger partial charge in [0, 0.05) is 24.2 Å². The quantitative estimate of drug-likeness (QED) is 0.330. The lowest BCUT2D eigenvalue weighted by Gasteiger charge is -2.14. The minimum atomic E-state index is -0.433. The maximum Gasteiger partial charge on any atom is 0.332 e. The van der Waals surface area contributed by atoms with Crippen LogP contribution >= 0.6 is 23.5 Å². The van der Waals surface area contributed by atoms with Gasteiger partial charge in [-0.25, -0.2) is 9.78 Å². The zero-order valence-electron chi connectivity index (χ0n) is 19.8. The number of nitrogens with zero attached hydrogens (tertiary/aromatic N) is 3. The van der Waals surface area contributed by atoms with E-state index in [2.05, 4.69) is 22.4 Å². The van der Waals surface area contributed by atoms with Crippen molar-refractivity contribution in [3.05, 3.63) is 110 Å². The maximum absolute atomic E-state index is 13.4. The highest BCUT2D eigenvalue weighted by Gasteiger charge is 2.31. The molecule has 2 amide bonds. The average molecular weight is 533 g/mol. The van der Waals surface area contributed by atoms with Crippen LogP contribution in [-0.4, -0.2) is 36.3 Å². The number of thioether (sulfide) groups is 2. The second kappa shape index (κ2) is 11.2. The molecule has 1 aliphatic heterocycles. The molecule has 37 heavy (non-hydrogen) atoms. The van der Waals surface area contributed by atoms with Gasteiger partial charge in [-0.05, 0) is 35.2 Å². The number of nitrogens with one attached hydrogen (secondary N) is 1. The number of rotatable bonds is 9. The summed E-state index contributed by atoms with van der Waals surface area (Å²) < 4.78 is 2.83. The second-order valence-corrected chi connectivity index (χ2v) is 10.9. The minimum absolute atomic E-state index is 0.251. The molecule has 0 spiro atoms. The zero-order valence-corrected chi connectivity index (χ0v) is 21.5. The summed E-state index contributed by atoms with van der Waals surface area (Å²) in [5.41, 5.74) is 2.61. The SMILES string of the molecule is O=C1NC(=O)C(Cc2ccc(Cn3c(=O)n(CCSCc4ccccc4)c(=O)c4cccnc43)cc2)S1. The van der Waals surface area contributed by atoms with Crippen LogP contribution in [0.4, 0.5) is 4.79 Å². The Hall–Kier alpha value is -3.63. The van der Waals surface area contributed by atoms with Crippen molar-refractivity contribution in [2.45, 2.75) is 30.5 Å². The van der Waals surface area contributed by atoms with Crippen molar-refractivity contribution in [1.82, 2.24) is 19.4 Å². The molecule has 0 bridgehead atoms. The summed E-state index contributed by atoms with van der Waals surface area (Å²) >= 11 is 2.67. The summed E-state index contributed by atoms with van der Waals surface area (Å²) in [6.45, 7) is 0.556. The van der Waals surface area contributed by atoms with Gasteiger partial charge < -0.3 is 0 Å². The maximum atomic E-state index is 13.4. The molecule has 10 heteroatoms. The molecule has 2 aromatic heterocycles. The smallest absolute Gasteiger partial charge is 0.286 e. The molecule has 0 radical (unpaired) electrons. The highest BCUT2D eigenvalue weighted by molar-refractivity contribution is 8.15. The number of amides is 2. The molecule has 0 aliphatic carbocycles. The summed E-state index contributed by atoms with van der Waals surface area (Å²) in [4.78, 5) is 54.2. The van der Waals surface area contributed by atoms with Crippen LogP contribution in [0, 0.1) is 0 Å². The van der Waals surface area contributed by atoms with Crippen LogP contribution in [0.25, 0.3) is 11.0 Å². The van der Waals surface area contributed by atoms with Crippen molar-refractivity contribution in [3.63, 3.8) is 0 Å². The number of imide groups is 1. The molecule has 8 nitrogen and oxygen atoms in total. The van der Waals surface area contributed by atoms with Crippen LogP contribution in [0.5, 0.6) is 0 Å². The number of hydrogen-bond donors (Lipinski definition) is 1. The third-order valence-electron chi connectivity index (χ3n) is 6.10. The molecule has 4 aromatic rings. The fourth-order valence-corrected chi connectivity index (χ4v) is 5.96. The van der Waals surface area contributed by atoms with Gasteiger partial charge in [0.25, 0.3) is 10.8 Å². The number of hydrogen-bond acceptors (Lipinski definition) is 7. The summed E-state index contributed by atoms with van der Waals surface area (Å²) in [7, 11) is 0. The van der Waals surface area contributed by atoms with E-state index in [1.54, 1.807) is 30.1 Å². The van der Waals surface area contributed by atoms with Crippen molar-refractivity contribution in [2.24, 2.45) is 0 Å². The van der Waals surface area contributed by atoms with Crippen LogP contribution < -0.4 is 16.6 Å². The number of pyridine rings is 1. The molecule has 1 N–H and O–H groups in total. The molecular formula is C27H24N4O4S2. The zero-order chi connectivity index (χ0) is 25.8. The van der Waals surface area contributed by atoms with Crippen molar-refractivity contribution in [1.29, 1.82) is 0 Å². The predicted octanol–water partition coefficient (Wildman–Crippen LogP) is 3.43. The highest BCUT2D eigenvalue weighted by atomic mass is 32.2. The van der Waals surface area contributed by atoms with E-state index in [1.165, 1.54) is 14.7 Å². The van der Waals surface area contributed by atoms with Crippen LogP contribution in [0.15, 0.2) is 82.5 Å². The third kappa shape index (κ3) is 5.70. The number of carbonyl (C=O) groups excluding carboxylic acids is 2. The standard InChI is InChI=1S/C27H24N4O4S2/c32-24-22(37-26(34)29-24)15-18-8-10-19(11-9-18)16-31-23-21(7-4-12-28-23)25(33)30(27(31)35)13-14-36-17-20-5-2-1-3-6-20/h1-12,22H,13-17H2,(H,29,32,34). The first-order valence-corrected chi connectivity index (χ1v) is 13.8. The van der Waals surface area contributed by atoms with E-state index in [0.717, 1.165) is 28.6 Å². The Morgan fingerprint density at radius 3 is 2.35 bits per heavy atom. The van der Waals surface area contributed by atoms with E-state index in [9.17, 15) is 19.2 Å². The minimum Gasteiger partial charge on any atom is -0.286 e. The highest BCUT2D eigenvalue weighted by Crippen LogP contribution is 2.23. The van der Waals surface area contributed by atoms with E-state index >= 15 is 0 Å². The van der Waals surface area contributed by atoms with Gasteiger partial charge in [0.1, 0.15) is 5.65 Å². The Morgan fingerprint density at radius 2 is 1.62 bits per heavy atom. The number of aromatic nitrogens is 3. The molecule has 1 aliphatic rings. The fourth-order valence-electron chi connectivity index (χ4n) is 4.21. The summed E-state index contributed by atoms with van der Waals surface area (Å²) in [5.74, 6) is 1.16. The summed E-state index contributed by atoms with van der Waals surface area (Å²) in [5, 5.41) is 1.95. The number of carbonyl (C=O) groups is 2. The first-order chi connectivity index (χ1) is 18.0. The van der Waals surface area contributed by atoms with E-state index < -0.39 is 10.9 Å². The Labute approximate surface area is 221 Å². The van der Waals surface area contributed by atoms with Crippen molar-refractivity contribution in [3.8, 4) is 0 Å². The van der Waals surface area contributed by atoms with Gasteiger partial charge in [0.05, 0.1) is 17.2 Å². The van der Waals surface area contributed by atoms with Crippen molar-refractivity contribution < 1.29 is 9.59 Å². The molecule has 1 atom stereocenters. The van der Waals surface area contributed by atoms with E-state index in [4.69, 9.17) is 0 Å². The molecule has 5 rings (SSSR count). The first-order valence-electron chi connectivity index (χ1n) is 11.8. The molecule has 0 saturated carbocycles. The lowest BCUT2D eigenvalue weighted by atomic mass is 10.1. The van der Waals surface area contributed by atoms with E-state index in [0.29, 0.717) is 29.8 Å². The van der Waals surface area contributed by atoms with Crippen molar-refractivity contribution >= 4 is 45.7 Å². The topological polar surface area (TPSA) is 103 Å². The number of fused-ring (bicyclic) bond motifs is 1. The lowest BCUT2D eigenvalue weighted by Crippen LogP contribution is -2.41. The normalized spacial score (nSPS) is 15.3. The molecule has 1 saturated heterocycles. The third-order valence-corrected chi connectivity index (χ3v) is 8.09. The Bertz CT molecular complexity index is 1570. The first kappa shape index (κ1) is 25.0. The molecule has 1 unspecified atom stereocenters. The molecule has 3 heterocycles. The summed E-state index contributed by atoms with van der Waals surface area (Å²) in [6, 6.07) is 21.0.